The van der Waals surface area contributed by atoms with Gasteiger partial charge in [0, 0.05) is 23.4 Å². The lowest BCUT2D eigenvalue weighted by Crippen LogP contribution is -2.41. The largest absolute Gasteiger partial charge is 0.493 e. The Kier molecular flexibility index (Phi) is 7.52. The molecule has 0 spiro atoms. The number of hydrogen-bond acceptors (Lipinski definition) is 5. The molecule has 0 aliphatic carbocycles. The zero-order valence-electron chi connectivity index (χ0n) is 18.7. The Bertz CT molecular complexity index is 936. The molecule has 0 aromatic heterocycles. The summed E-state index contributed by atoms with van der Waals surface area (Å²) in [5.74, 6) is 1.11. The number of likely N-dealkylation sites (tertiary alicyclic amines) is 1. The number of methoxy groups -OCH3 is 2. The fourth-order valence-electron chi connectivity index (χ4n) is 3.86. The predicted molar refractivity (Wildman–Crippen MR) is 122 cm³/mol. The number of nitrogens with one attached hydrogen (secondary N) is 2. The number of piperidine rings is 1. The molecule has 0 atom stereocenters. The van der Waals surface area contributed by atoms with Gasteiger partial charge in [-0.3, -0.25) is 14.5 Å². The predicted octanol–water partition coefficient (Wildman–Crippen LogP) is 3.61. The van der Waals surface area contributed by atoms with Crippen molar-refractivity contribution in [1.29, 1.82) is 0 Å². The molecular formula is C24H31N3O4. The van der Waals surface area contributed by atoms with E-state index in [2.05, 4.69) is 21.6 Å². The molecule has 7 heteroatoms. The molecule has 1 aliphatic heterocycles. The van der Waals surface area contributed by atoms with Gasteiger partial charge in [-0.2, -0.15) is 0 Å². The van der Waals surface area contributed by atoms with E-state index in [4.69, 9.17) is 9.47 Å². The summed E-state index contributed by atoms with van der Waals surface area (Å²) in [6.45, 7) is 5.76. The van der Waals surface area contributed by atoms with Crippen molar-refractivity contribution in [3.63, 3.8) is 0 Å². The maximum absolute atomic E-state index is 12.7. The average Bonchev–Trinajstić information content (AvgIpc) is 2.76. The number of rotatable bonds is 7. The minimum atomic E-state index is -0.0922. The third kappa shape index (κ3) is 5.98. The fraction of sp³-hybridized carbons (Fsp3) is 0.417. The number of benzene rings is 2. The van der Waals surface area contributed by atoms with Crippen LogP contribution in [0, 0.1) is 19.8 Å². The van der Waals surface area contributed by atoms with Gasteiger partial charge in [-0.15, -0.1) is 0 Å². The Hall–Kier alpha value is -3.06. The molecule has 3 rings (SSSR count). The van der Waals surface area contributed by atoms with E-state index in [1.54, 1.807) is 32.4 Å². The van der Waals surface area contributed by atoms with Gasteiger partial charge in [0.15, 0.2) is 11.5 Å². The van der Waals surface area contributed by atoms with E-state index in [0.29, 0.717) is 36.8 Å². The number of ether oxygens (including phenoxy) is 2. The van der Waals surface area contributed by atoms with E-state index < -0.39 is 0 Å². The maximum Gasteiger partial charge on any atom is 0.238 e. The van der Waals surface area contributed by atoms with Crippen LogP contribution >= 0.6 is 0 Å². The number of nitrogens with zero attached hydrogens (tertiary/aromatic N) is 1. The van der Waals surface area contributed by atoms with Crippen LogP contribution in [-0.4, -0.2) is 50.6 Å². The second-order valence-corrected chi connectivity index (χ2v) is 7.98. The first kappa shape index (κ1) is 22.6. The smallest absolute Gasteiger partial charge is 0.238 e. The van der Waals surface area contributed by atoms with Gasteiger partial charge in [0.25, 0.3) is 0 Å². The highest BCUT2D eigenvalue weighted by molar-refractivity contribution is 5.94. The molecule has 2 aromatic rings. The summed E-state index contributed by atoms with van der Waals surface area (Å²) < 4.78 is 10.5. The number of amides is 2. The highest BCUT2D eigenvalue weighted by Crippen LogP contribution is 2.29. The van der Waals surface area contributed by atoms with E-state index in [1.807, 2.05) is 26.0 Å². The maximum atomic E-state index is 12.7. The molecule has 31 heavy (non-hydrogen) atoms. The van der Waals surface area contributed by atoms with Gasteiger partial charge in [0.2, 0.25) is 11.8 Å². The number of carbonyl (C=O) groups is 2. The van der Waals surface area contributed by atoms with Gasteiger partial charge in [0.05, 0.1) is 20.8 Å². The van der Waals surface area contributed by atoms with Crippen LogP contribution in [0.3, 0.4) is 0 Å². The van der Waals surface area contributed by atoms with Crippen molar-refractivity contribution in [3.8, 4) is 11.5 Å². The van der Waals surface area contributed by atoms with Gasteiger partial charge in [0.1, 0.15) is 0 Å². The second-order valence-electron chi connectivity index (χ2n) is 7.98. The van der Waals surface area contributed by atoms with Crippen LogP contribution < -0.4 is 20.1 Å². The Morgan fingerprint density at radius 1 is 0.968 bits per heavy atom. The van der Waals surface area contributed by atoms with Crippen LogP contribution in [0.2, 0.25) is 0 Å². The Morgan fingerprint density at radius 2 is 1.68 bits per heavy atom. The van der Waals surface area contributed by atoms with Crippen molar-refractivity contribution in [2.75, 3.05) is 44.5 Å². The lowest BCUT2D eigenvalue weighted by atomic mass is 9.95. The molecule has 0 saturated carbocycles. The molecule has 7 nitrogen and oxygen atoms in total. The minimum Gasteiger partial charge on any atom is -0.493 e. The van der Waals surface area contributed by atoms with Crippen LogP contribution in [0.15, 0.2) is 36.4 Å². The summed E-state index contributed by atoms with van der Waals surface area (Å²) in [4.78, 5) is 27.2. The van der Waals surface area contributed by atoms with Crippen molar-refractivity contribution in [1.82, 2.24) is 4.90 Å². The first-order valence-electron chi connectivity index (χ1n) is 10.5. The number of carbonyl (C=O) groups excluding carboxylic acids is 2. The highest BCUT2D eigenvalue weighted by Gasteiger charge is 2.26. The lowest BCUT2D eigenvalue weighted by Gasteiger charge is -2.30. The molecule has 1 heterocycles. The van der Waals surface area contributed by atoms with Crippen LogP contribution in [0.25, 0.3) is 0 Å². The van der Waals surface area contributed by atoms with Gasteiger partial charge >= 0.3 is 0 Å². The van der Waals surface area contributed by atoms with E-state index in [0.717, 1.165) is 24.1 Å². The quantitative estimate of drug-likeness (QED) is 0.708. The van der Waals surface area contributed by atoms with Gasteiger partial charge in [-0.1, -0.05) is 17.7 Å². The molecule has 2 aromatic carbocycles. The van der Waals surface area contributed by atoms with Crippen LogP contribution in [-0.2, 0) is 9.59 Å². The molecule has 0 radical (unpaired) electrons. The summed E-state index contributed by atoms with van der Waals surface area (Å²) in [6.07, 6.45) is 1.47. The fourth-order valence-corrected chi connectivity index (χ4v) is 3.86. The van der Waals surface area contributed by atoms with Crippen molar-refractivity contribution in [2.24, 2.45) is 5.92 Å². The first-order chi connectivity index (χ1) is 14.9. The molecule has 0 unspecified atom stereocenters. The lowest BCUT2D eigenvalue weighted by molar-refractivity contribution is -0.121. The average molecular weight is 426 g/mol. The van der Waals surface area contributed by atoms with Crippen molar-refractivity contribution in [3.05, 3.63) is 47.5 Å². The summed E-state index contributed by atoms with van der Waals surface area (Å²) in [6, 6.07) is 11.3. The number of aryl methyl sites for hydroxylation is 2. The first-order valence-corrected chi connectivity index (χ1v) is 10.5. The van der Waals surface area contributed by atoms with Crippen LogP contribution in [0.1, 0.15) is 24.0 Å². The third-order valence-corrected chi connectivity index (χ3v) is 5.63. The van der Waals surface area contributed by atoms with Gasteiger partial charge in [-0.05, 0) is 63.5 Å². The number of anilines is 2. The Labute approximate surface area is 183 Å². The summed E-state index contributed by atoms with van der Waals surface area (Å²) in [7, 11) is 3.13. The van der Waals surface area contributed by atoms with Gasteiger partial charge in [-0.25, -0.2) is 0 Å². The molecule has 2 amide bonds. The molecule has 1 aliphatic rings. The van der Waals surface area contributed by atoms with E-state index in [1.165, 1.54) is 5.56 Å². The zero-order valence-corrected chi connectivity index (χ0v) is 18.7. The monoisotopic (exact) mass is 425 g/mol. The number of hydrogen-bond donors (Lipinski definition) is 2. The standard InChI is InChI=1S/C24H31N3O4/c1-16-5-7-20(17(2)13-16)26-24(29)18-9-11-27(12-10-18)15-23(28)25-19-6-8-21(30-3)22(14-19)31-4/h5-8,13-14,18H,9-12,15H2,1-4H3,(H,25,28)(H,26,29). The minimum absolute atomic E-state index is 0.0362. The third-order valence-electron chi connectivity index (χ3n) is 5.63. The summed E-state index contributed by atoms with van der Waals surface area (Å²) in [5.41, 5.74) is 3.77. The molecule has 1 fully saturated rings. The highest BCUT2D eigenvalue weighted by atomic mass is 16.5. The molecule has 166 valence electrons. The molecule has 1 saturated heterocycles. The van der Waals surface area contributed by atoms with Crippen LogP contribution in [0.4, 0.5) is 11.4 Å². The zero-order chi connectivity index (χ0) is 22.4. The molecule has 0 bridgehead atoms. The van der Waals surface area contributed by atoms with E-state index in [-0.39, 0.29) is 17.7 Å². The normalized spacial score (nSPS) is 14.7. The van der Waals surface area contributed by atoms with E-state index >= 15 is 0 Å². The SMILES string of the molecule is COc1ccc(NC(=O)CN2CCC(C(=O)Nc3ccc(C)cc3C)CC2)cc1OC. The Morgan fingerprint density at radius 3 is 2.32 bits per heavy atom. The van der Waals surface area contributed by atoms with Crippen molar-refractivity contribution >= 4 is 23.2 Å². The molecule has 2 N–H and O–H groups in total. The van der Waals surface area contributed by atoms with Crippen molar-refractivity contribution < 1.29 is 19.1 Å². The summed E-state index contributed by atoms with van der Waals surface area (Å²) in [5, 5.41) is 5.95. The summed E-state index contributed by atoms with van der Waals surface area (Å²) >= 11 is 0. The Balaban J connectivity index is 1.47. The molecular weight excluding hydrogens is 394 g/mol. The van der Waals surface area contributed by atoms with Crippen LogP contribution in [0.5, 0.6) is 11.5 Å². The second kappa shape index (κ2) is 10.3. The van der Waals surface area contributed by atoms with E-state index in [9.17, 15) is 9.59 Å². The van der Waals surface area contributed by atoms with Gasteiger partial charge < -0.3 is 20.1 Å². The topological polar surface area (TPSA) is 79.9 Å². The van der Waals surface area contributed by atoms with Crippen molar-refractivity contribution in [2.45, 2.75) is 26.7 Å².